The van der Waals surface area contributed by atoms with Crippen LogP contribution in [0.4, 0.5) is 0 Å². The van der Waals surface area contributed by atoms with Gasteiger partial charge in [0.15, 0.2) is 0 Å². The van der Waals surface area contributed by atoms with Crippen molar-refractivity contribution in [1.82, 2.24) is 0 Å². The van der Waals surface area contributed by atoms with Gasteiger partial charge in [-0.15, -0.1) is 0 Å². The van der Waals surface area contributed by atoms with E-state index in [2.05, 4.69) is 0 Å². The molecule has 0 unspecified atom stereocenters. The SMILES string of the molecule is CC(C)COC(=O)COCC1CCC(CN)CC1. The van der Waals surface area contributed by atoms with E-state index in [4.69, 9.17) is 15.2 Å². The molecule has 1 rings (SSSR count). The summed E-state index contributed by atoms with van der Waals surface area (Å²) in [6, 6.07) is 0. The Morgan fingerprint density at radius 2 is 1.83 bits per heavy atom. The Labute approximate surface area is 110 Å². The Bertz CT molecular complexity index is 235. The monoisotopic (exact) mass is 257 g/mol. The van der Waals surface area contributed by atoms with Gasteiger partial charge >= 0.3 is 5.97 Å². The van der Waals surface area contributed by atoms with E-state index in [9.17, 15) is 4.79 Å². The molecule has 18 heavy (non-hydrogen) atoms. The van der Waals surface area contributed by atoms with Crippen molar-refractivity contribution in [1.29, 1.82) is 0 Å². The van der Waals surface area contributed by atoms with Crippen molar-refractivity contribution < 1.29 is 14.3 Å². The van der Waals surface area contributed by atoms with Crippen molar-refractivity contribution in [2.24, 2.45) is 23.5 Å². The Hall–Kier alpha value is -0.610. The lowest BCUT2D eigenvalue weighted by molar-refractivity contribution is -0.150. The number of rotatable bonds is 7. The number of hydrogen-bond acceptors (Lipinski definition) is 4. The summed E-state index contributed by atoms with van der Waals surface area (Å²) in [6.07, 6.45) is 4.73. The maximum Gasteiger partial charge on any atom is 0.332 e. The lowest BCUT2D eigenvalue weighted by Crippen LogP contribution is -2.25. The van der Waals surface area contributed by atoms with Crippen LogP contribution >= 0.6 is 0 Å². The molecule has 1 fully saturated rings. The van der Waals surface area contributed by atoms with E-state index >= 15 is 0 Å². The third-order valence-electron chi connectivity index (χ3n) is 3.45. The third-order valence-corrected chi connectivity index (χ3v) is 3.45. The van der Waals surface area contributed by atoms with Gasteiger partial charge in [0.2, 0.25) is 0 Å². The number of ether oxygens (including phenoxy) is 2. The predicted molar refractivity (Wildman–Crippen MR) is 71.1 cm³/mol. The fourth-order valence-electron chi connectivity index (χ4n) is 2.24. The third kappa shape index (κ3) is 6.36. The van der Waals surface area contributed by atoms with Gasteiger partial charge < -0.3 is 15.2 Å². The van der Waals surface area contributed by atoms with Crippen LogP contribution in [0.3, 0.4) is 0 Å². The van der Waals surface area contributed by atoms with Crippen molar-refractivity contribution in [3.63, 3.8) is 0 Å². The molecule has 0 atom stereocenters. The normalized spacial score (nSPS) is 24.2. The second-order valence-electron chi connectivity index (χ2n) is 5.71. The minimum absolute atomic E-state index is 0.0868. The van der Waals surface area contributed by atoms with Gasteiger partial charge in [0.25, 0.3) is 0 Å². The maximum atomic E-state index is 11.3. The molecule has 1 aliphatic rings. The van der Waals surface area contributed by atoms with E-state index in [1.54, 1.807) is 0 Å². The number of nitrogens with two attached hydrogens (primary N) is 1. The van der Waals surface area contributed by atoms with Crippen LogP contribution in [-0.4, -0.2) is 32.3 Å². The maximum absolute atomic E-state index is 11.3. The van der Waals surface area contributed by atoms with Crippen LogP contribution in [0.2, 0.25) is 0 Å². The first kappa shape index (κ1) is 15.4. The van der Waals surface area contributed by atoms with Gasteiger partial charge in [-0.3, -0.25) is 0 Å². The molecule has 0 bridgehead atoms. The van der Waals surface area contributed by atoms with Crippen LogP contribution in [0.1, 0.15) is 39.5 Å². The molecule has 0 aliphatic heterocycles. The van der Waals surface area contributed by atoms with Crippen molar-refractivity contribution in [3.8, 4) is 0 Å². The van der Waals surface area contributed by atoms with Gasteiger partial charge in [-0.2, -0.15) is 0 Å². The molecule has 0 aromatic rings. The molecule has 0 radical (unpaired) electrons. The molecule has 2 N–H and O–H groups in total. The van der Waals surface area contributed by atoms with Gasteiger partial charge in [-0.1, -0.05) is 13.8 Å². The Morgan fingerprint density at radius 3 is 2.39 bits per heavy atom. The van der Waals surface area contributed by atoms with E-state index in [1.165, 1.54) is 25.7 Å². The van der Waals surface area contributed by atoms with Gasteiger partial charge in [0.1, 0.15) is 6.61 Å². The summed E-state index contributed by atoms with van der Waals surface area (Å²) >= 11 is 0. The summed E-state index contributed by atoms with van der Waals surface area (Å²) in [6.45, 7) is 6.07. The van der Waals surface area contributed by atoms with Gasteiger partial charge in [-0.25, -0.2) is 4.79 Å². The van der Waals surface area contributed by atoms with Crippen molar-refractivity contribution in [2.45, 2.75) is 39.5 Å². The van der Waals surface area contributed by atoms with Crippen molar-refractivity contribution >= 4 is 5.97 Å². The summed E-state index contributed by atoms with van der Waals surface area (Å²) in [5, 5.41) is 0. The molecule has 1 saturated carbocycles. The Morgan fingerprint density at radius 1 is 1.22 bits per heavy atom. The van der Waals surface area contributed by atoms with E-state index in [0.717, 1.165) is 6.54 Å². The Kier molecular flexibility index (Phi) is 7.28. The predicted octanol–water partition coefficient (Wildman–Crippen LogP) is 1.97. The highest BCUT2D eigenvalue weighted by Crippen LogP contribution is 2.28. The van der Waals surface area contributed by atoms with E-state index < -0.39 is 0 Å². The average Bonchev–Trinajstić information content (AvgIpc) is 2.37. The van der Waals surface area contributed by atoms with Crippen molar-refractivity contribution in [2.75, 3.05) is 26.4 Å². The molecule has 106 valence electrons. The van der Waals surface area contributed by atoms with Crippen LogP contribution in [0.25, 0.3) is 0 Å². The zero-order chi connectivity index (χ0) is 13.4. The highest BCUT2D eigenvalue weighted by molar-refractivity contribution is 5.70. The smallest absolute Gasteiger partial charge is 0.332 e. The first-order chi connectivity index (χ1) is 8.61. The topological polar surface area (TPSA) is 61.5 Å². The summed E-state index contributed by atoms with van der Waals surface area (Å²) in [4.78, 5) is 11.3. The summed E-state index contributed by atoms with van der Waals surface area (Å²) < 4.78 is 10.5. The quantitative estimate of drug-likeness (QED) is 0.708. The molecule has 0 amide bonds. The first-order valence-corrected chi connectivity index (χ1v) is 7.05. The first-order valence-electron chi connectivity index (χ1n) is 7.05. The zero-order valence-electron chi connectivity index (χ0n) is 11.7. The largest absolute Gasteiger partial charge is 0.464 e. The van der Waals surface area contributed by atoms with Gasteiger partial charge in [0.05, 0.1) is 13.2 Å². The van der Waals surface area contributed by atoms with Gasteiger partial charge in [-0.05, 0) is 50.0 Å². The summed E-state index contributed by atoms with van der Waals surface area (Å²) in [5.41, 5.74) is 5.65. The van der Waals surface area contributed by atoms with Crippen LogP contribution in [0.5, 0.6) is 0 Å². The van der Waals surface area contributed by atoms with Crippen LogP contribution in [0.15, 0.2) is 0 Å². The fourth-order valence-corrected chi connectivity index (χ4v) is 2.24. The molecule has 0 heterocycles. The lowest BCUT2D eigenvalue weighted by Gasteiger charge is -2.27. The van der Waals surface area contributed by atoms with Crippen LogP contribution in [0, 0.1) is 17.8 Å². The molecule has 0 aromatic heterocycles. The molecule has 0 saturated heterocycles. The number of hydrogen-bond donors (Lipinski definition) is 1. The highest BCUT2D eigenvalue weighted by Gasteiger charge is 2.20. The number of carbonyl (C=O) groups is 1. The second-order valence-corrected chi connectivity index (χ2v) is 5.71. The van der Waals surface area contributed by atoms with E-state index in [1.807, 2.05) is 13.8 Å². The average molecular weight is 257 g/mol. The van der Waals surface area contributed by atoms with Crippen molar-refractivity contribution in [3.05, 3.63) is 0 Å². The highest BCUT2D eigenvalue weighted by atomic mass is 16.6. The lowest BCUT2D eigenvalue weighted by atomic mass is 9.82. The Balaban J connectivity index is 2.02. The number of carbonyl (C=O) groups excluding carboxylic acids is 1. The molecular formula is C14H27NO3. The fraction of sp³-hybridized carbons (Fsp3) is 0.929. The number of esters is 1. The summed E-state index contributed by atoms with van der Waals surface area (Å²) in [7, 11) is 0. The summed E-state index contributed by atoms with van der Waals surface area (Å²) in [5.74, 6) is 1.41. The zero-order valence-corrected chi connectivity index (χ0v) is 11.7. The van der Waals surface area contributed by atoms with E-state index in [-0.39, 0.29) is 12.6 Å². The molecule has 0 spiro atoms. The van der Waals surface area contributed by atoms with E-state index in [0.29, 0.717) is 31.0 Å². The minimum Gasteiger partial charge on any atom is -0.464 e. The second kappa shape index (κ2) is 8.48. The standard InChI is InChI=1S/C14H27NO3/c1-11(2)8-18-14(16)10-17-9-13-5-3-12(7-15)4-6-13/h11-13H,3-10,15H2,1-2H3. The molecular weight excluding hydrogens is 230 g/mol. The molecule has 1 aliphatic carbocycles. The molecule has 4 heteroatoms. The minimum atomic E-state index is -0.251. The van der Waals surface area contributed by atoms with Gasteiger partial charge in [0, 0.05) is 0 Å². The van der Waals surface area contributed by atoms with Crippen LogP contribution in [-0.2, 0) is 14.3 Å². The molecule has 4 nitrogen and oxygen atoms in total. The van der Waals surface area contributed by atoms with Crippen LogP contribution < -0.4 is 5.73 Å². The molecule has 0 aromatic carbocycles.